The van der Waals surface area contributed by atoms with Crippen LogP contribution in [0.5, 0.6) is 0 Å². The quantitative estimate of drug-likeness (QED) is 0.758. The number of carbonyl (C=O) groups is 1. The Morgan fingerprint density at radius 2 is 1.77 bits per heavy atom. The molecule has 1 amide bonds. The van der Waals surface area contributed by atoms with Crippen molar-refractivity contribution in [2.45, 2.75) is 77.9 Å². The predicted molar refractivity (Wildman–Crippen MR) is 105 cm³/mol. The van der Waals surface area contributed by atoms with E-state index in [1.807, 2.05) is 25.7 Å². The van der Waals surface area contributed by atoms with Gasteiger partial charge in [0.2, 0.25) is 0 Å². The second-order valence-corrected chi connectivity index (χ2v) is 8.58. The molecule has 2 saturated heterocycles. The number of amides is 1. The fraction of sp³-hybridized carbons (Fsp3) is 0.714. The molecule has 0 radical (unpaired) electrons. The maximum absolute atomic E-state index is 12.7. The van der Waals surface area contributed by atoms with Crippen molar-refractivity contribution in [3.8, 4) is 0 Å². The molecule has 1 aromatic heterocycles. The minimum Gasteiger partial charge on any atom is -0.444 e. The number of hydrogen-bond donors (Lipinski definition) is 0. The summed E-state index contributed by atoms with van der Waals surface area (Å²) < 4.78 is 5.65. The Bertz CT molecular complexity index is 633. The first kappa shape index (κ1) is 19.0. The molecular formula is C21H33N3O2. The number of piperidine rings is 2. The highest BCUT2D eigenvalue weighted by molar-refractivity contribution is 5.69. The molecule has 1 aromatic rings. The van der Waals surface area contributed by atoms with Crippen molar-refractivity contribution in [1.29, 1.82) is 0 Å². The Labute approximate surface area is 157 Å². The van der Waals surface area contributed by atoms with Gasteiger partial charge in [-0.3, -0.25) is 0 Å². The number of rotatable bonds is 2. The summed E-state index contributed by atoms with van der Waals surface area (Å²) in [5, 5.41) is 0. The van der Waals surface area contributed by atoms with Gasteiger partial charge in [-0.15, -0.1) is 0 Å². The average molecular weight is 360 g/mol. The minimum absolute atomic E-state index is 0.0708. The Kier molecular flexibility index (Phi) is 5.73. The number of likely N-dealkylation sites (tertiary alicyclic amines) is 1. The highest BCUT2D eigenvalue weighted by Crippen LogP contribution is 2.34. The number of aromatic nitrogens is 1. The van der Waals surface area contributed by atoms with E-state index in [2.05, 4.69) is 24.0 Å². The van der Waals surface area contributed by atoms with Gasteiger partial charge in [-0.25, -0.2) is 9.78 Å². The van der Waals surface area contributed by atoms with Crippen LogP contribution in [0.15, 0.2) is 12.1 Å². The Hall–Kier alpha value is -1.78. The molecule has 0 spiro atoms. The van der Waals surface area contributed by atoms with E-state index in [0.717, 1.165) is 56.0 Å². The number of hydrogen-bond acceptors (Lipinski definition) is 4. The van der Waals surface area contributed by atoms with E-state index >= 15 is 0 Å². The van der Waals surface area contributed by atoms with Crippen LogP contribution in [-0.4, -0.2) is 41.2 Å². The van der Waals surface area contributed by atoms with Crippen LogP contribution < -0.4 is 4.90 Å². The lowest BCUT2D eigenvalue weighted by Gasteiger charge is -2.37. The van der Waals surface area contributed by atoms with Crippen LogP contribution in [0.4, 0.5) is 10.6 Å². The van der Waals surface area contributed by atoms with Gasteiger partial charge in [0.05, 0.1) is 6.04 Å². The molecule has 3 heterocycles. The number of pyridine rings is 1. The highest BCUT2D eigenvalue weighted by atomic mass is 16.6. The Morgan fingerprint density at radius 3 is 2.42 bits per heavy atom. The van der Waals surface area contributed by atoms with Crippen molar-refractivity contribution in [1.82, 2.24) is 9.88 Å². The first-order valence-electron chi connectivity index (χ1n) is 10.1. The Morgan fingerprint density at radius 1 is 1.08 bits per heavy atom. The molecule has 26 heavy (non-hydrogen) atoms. The number of ether oxygens (including phenoxy) is 1. The van der Waals surface area contributed by atoms with Crippen LogP contribution in [-0.2, 0) is 4.74 Å². The monoisotopic (exact) mass is 359 g/mol. The molecule has 144 valence electrons. The van der Waals surface area contributed by atoms with Crippen molar-refractivity contribution < 1.29 is 9.53 Å². The van der Waals surface area contributed by atoms with E-state index in [1.54, 1.807) is 0 Å². The summed E-state index contributed by atoms with van der Waals surface area (Å²) in [7, 11) is 0. The van der Waals surface area contributed by atoms with Gasteiger partial charge in [-0.1, -0.05) is 6.07 Å². The standard InChI is InChI=1S/C21H33N3O2/c1-16-17(11-12-19(22-16)23-13-7-5-8-14-23)18-10-6-9-15-24(18)20(25)26-21(2,3)4/h11-12,18H,5-10,13-15H2,1-4H3/t18-/m1/s1. The van der Waals surface area contributed by atoms with Crippen LogP contribution in [0.2, 0.25) is 0 Å². The van der Waals surface area contributed by atoms with Crippen molar-refractivity contribution >= 4 is 11.9 Å². The van der Waals surface area contributed by atoms with Crippen LogP contribution in [0.25, 0.3) is 0 Å². The molecular weight excluding hydrogens is 326 g/mol. The van der Waals surface area contributed by atoms with Gasteiger partial charge < -0.3 is 14.5 Å². The zero-order valence-electron chi connectivity index (χ0n) is 16.8. The Balaban J connectivity index is 1.79. The largest absolute Gasteiger partial charge is 0.444 e. The van der Waals surface area contributed by atoms with E-state index < -0.39 is 5.60 Å². The molecule has 0 aromatic carbocycles. The molecule has 2 aliphatic rings. The van der Waals surface area contributed by atoms with E-state index in [-0.39, 0.29) is 12.1 Å². The molecule has 3 rings (SSSR count). The summed E-state index contributed by atoms with van der Waals surface area (Å²) >= 11 is 0. The van der Waals surface area contributed by atoms with Crippen molar-refractivity contribution in [2.75, 3.05) is 24.5 Å². The molecule has 0 bridgehead atoms. The van der Waals surface area contributed by atoms with E-state index in [4.69, 9.17) is 9.72 Å². The lowest BCUT2D eigenvalue weighted by atomic mass is 9.94. The maximum Gasteiger partial charge on any atom is 0.410 e. The minimum atomic E-state index is -0.468. The third-order valence-electron chi connectivity index (χ3n) is 5.28. The molecule has 2 aliphatic heterocycles. The maximum atomic E-state index is 12.7. The zero-order chi connectivity index (χ0) is 18.7. The summed E-state index contributed by atoms with van der Waals surface area (Å²) in [5.41, 5.74) is 1.73. The average Bonchev–Trinajstić information content (AvgIpc) is 2.61. The number of aryl methyl sites for hydroxylation is 1. The summed E-state index contributed by atoms with van der Waals surface area (Å²) in [6, 6.07) is 4.39. The molecule has 5 heteroatoms. The van der Waals surface area contributed by atoms with E-state index in [0.29, 0.717) is 0 Å². The summed E-state index contributed by atoms with van der Waals surface area (Å²) in [5.74, 6) is 1.07. The lowest BCUT2D eigenvalue weighted by molar-refractivity contribution is 0.00942. The molecule has 0 unspecified atom stereocenters. The highest BCUT2D eigenvalue weighted by Gasteiger charge is 2.32. The summed E-state index contributed by atoms with van der Waals surface area (Å²) in [6.07, 6.45) is 6.76. The van der Waals surface area contributed by atoms with Gasteiger partial charge in [0.1, 0.15) is 11.4 Å². The van der Waals surface area contributed by atoms with E-state index in [1.165, 1.54) is 19.3 Å². The lowest BCUT2D eigenvalue weighted by Crippen LogP contribution is -2.42. The third kappa shape index (κ3) is 4.49. The second kappa shape index (κ2) is 7.85. The summed E-state index contributed by atoms with van der Waals surface area (Å²) in [4.78, 5) is 21.9. The fourth-order valence-corrected chi connectivity index (χ4v) is 4.00. The molecule has 1 atom stereocenters. The van der Waals surface area contributed by atoms with Crippen LogP contribution >= 0.6 is 0 Å². The van der Waals surface area contributed by atoms with Gasteiger partial charge in [-0.2, -0.15) is 0 Å². The normalized spacial score (nSPS) is 21.6. The number of carbonyl (C=O) groups excluding carboxylic acids is 1. The van der Waals surface area contributed by atoms with Gasteiger partial charge in [0, 0.05) is 25.3 Å². The topological polar surface area (TPSA) is 45.7 Å². The van der Waals surface area contributed by atoms with Crippen LogP contribution in [0.1, 0.15) is 76.6 Å². The number of nitrogens with zero attached hydrogens (tertiary/aromatic N) is 3. The predicted octanol–water partition coefficient (Wildman–Crippen LogP) is 4.84. The van der Waals surface area contributed by atoms with Gasteiger partial charge >= 0.3 is 6.09 Å². The summed E-state index contributed by atoms with van der Waals surface area (Å²) in [6.45, 7) is 10.8. The molecule has 0 N–H and O–H groups in total. The van der Waals surface area contributed by atoms with Crippen molar-refractivity contribution in [3.63, 3.8) is 0 Å². The van der Waals surface area contributed by atoms with Gasteiger partial charge in [-0.05, 0) is 77.8 Å². The molecule has 0 saturated carbocycles. The first-order valence-corrected chi connectivity index (χ1v) is 10.1. The zero-order valence-corrected chi connectivity index (χ0v) is 16.8. The SMILES string of the molecule is Cc1nc(N2CCCCC2)ccc1[C@H]1CCCCN1C(=O)OC(C)(C)C. The fourth-order valence-electron chi connectivity index (χ4n) is 4.00. The number of anilines is 1. The van der Waals surface area contributed by atoms with Gasteiger partial charge in [0.25, 0.3) is 0 Å². The van der Waals surface area contributed by atoms with Crippen LogP contribution in [0, 0.1) is 6.92 Å². The van der Waals surface area contributed by atoms with Crippen molar-refractivity contribution in [3.05, 3.63) is 23.4 Å². The smallest absolute Gasteiger partial charge is 0.410 e. The van der Waals surface area contributed by atoms with Crippen molar-refractivity contribution in [2.24, 2.45) is 0 Å². The first-order chi connectivity index (χ1) is 12.3. The van der Waals surface area contributed by atoms with Crippen LogP contribution in [0.3, 0.4) is 0 Å². The molecule has 2 fully saturated rings. The third-order valence-corrected chi connectivity index (χ3v) is 5.28. The second-order valence-electron chi connectivity index (χ2n) is 8.58. The molecule has 0 aliphatic carbocycles. The van der Waals surface area contributed by atoms with E-state index in [9.17, 15) is 4.79 Å². The molecule has 5 nitrogen and oxygen atoms in total. The van der Waals surface area contributed by atoms with Gasteiger partial charge in [0.15, 0.2) is 0 Å².